The van der Waals surface area contributed by atoms with Crippen LogP contribution in [-0.2, 0) is 19.1 Å². The largest absolute Gasteiger partial charge is 0.416 e. The van der Waals surface area contributed by atoms with Crippen molar-refractivity contribution in [1.82, 2.24) is 10.6 Å². The van der Waals surface area contributed by atoms with E-state index >= 15 is 0 Å². The van der Waals surface area contributed by atoms with Gasteiger partial charge in [0.2, 0.25) is 0 Å². The fraction of sp³-hybridized carbons (Fsp3) is 0.552. The zero-order valence-electron chi connectivity index (χ0n) is 21.1. The molecule has 2 aromatic rings. The summed E-state index contributed by atoms with van der Waals surface area (Å²) in [6.45, 7) is 4.11. The number of alkyl halides is 3. The highest BCUT2D eigenvalue weighted by Gasteiger charge is 2.30. The maximum absolute atomic E-state index is 12.8. The fourth-order valence-corrected chi connectivity index (χ4v) is 4.06. The molecule has 2 rings (SSSR count). The second-order valence-electron chi connectivity index (χ2n) is 9.26. The van der Waals surface area contributed by atoms with Crippen LogP contribution >= 0.6 is 0 Å². The number of halogens is 3. The van der Waals surface area contributed by atoms with E-state index in [4.69, 9.17) is 0 Å². The molecular weight excluding hydrogens is 449 g/mol. The van der Waals surface area contributed by atoms with Crippen molar-refractivity contribution in [3.05, 3.63) is 70.8 Å². The minimum atomic E-state index is -4.31. The molecule has 0 saturated heterocycles. The van der Waals surface area contributed by atoms with Gasteiger partial charge in [0.25, 0.3) is 5.91 Å². The molecule has 35 heavy (non-hydrogen) atoms. The lowest BCUT2D eigenvalue weighted by Gasteiger charge is -2.10. The average molecular weight is 491 g/mol. The lowest BCUT2D eigenvalue weighted by molar-refractivity contribution is -0.137. The summed E-state index contributed by atoms with van der Waals surface area (Å²) >= 11 is 0. The third-order valence-electron chi connectivity index (χ3n) is 6.21. The van der Waals surface area contributed by atoms with Crippen molar-refractivity contribution in [2.45, 2.75) is 90.3 Å². The van der Waals surface area contributed by atoms with Crippen LogP contribution in [-0.4, -0.2) is 19.0 Å². The first-order valence-electron chi connectivity index (χ1n) is 13.1. The number of carbonyl (C=O) groups is 1. The van der Waals surface area contributed by atoms with E-state index in [0.29, 0.717) is 37.2 Å². The molecular formula is C29H41F3N2O. The quantitative estimate of drug-likeness (QED) is 0.223. The monoisotopic (exact) mass is 490 g/mol. The molecule has 194 valence electrons. The van der Waals surface area contributed by atoms with Crippen LogP contribution in [0.25, 0.3) is 0 Å². The van der Waals surface area contributed by atoms with Crippen LogP contribution in [0.3, 0.4) is 0 Å². The molecule has 0 aliphatic carbocycles. The van der Waals surface area contributed by atoms with E-state index in [1.807, 2.05) is 24.3 Å². The Morgan fingerprint density at radius 2 is 1.40 bits per heavy atom. The molecule has 0 unspecified atom stereocenters. The molecule has 0 heterocycles. The van der Waals surface area contributed by atoms with E-state index < -0.39 is 11.7 Å². The summed E-state index contributed by atoms with van der Waals surface area (Å²) in [6, 6.07) is 12.9. The van der Waals surface area contributed by atoms with Gasteiger partial charge in [0, 0.05) is 18.7 Å². The summed E-state index contributed by atoms with van der Waals surface area (Å²) in [7, 11) is 0. The number of nitrogens with one attached hydrogen (secondary N) is 2. The van der Waals surface area contributed by atoms with Gasteiger partial charge < -0.3 is 10.6 Å². The Balaban J connectivity index is 1.56. The van der Waals surface area contributed by atoms with Crippen molar-refractivity contribution in [3.8, 4) is 0 Å². The molecule has 0 aliphatic rings. The second-order valence-corrected chi connectivity index (χ2v) is 9.26. The highest BCUT2D eigenvalue weighted by atomic mass is 19.4. The number of benzene rings is 2. The molecule has 0 aromatic heterocycles. The molecule has 0 bridgehead atoms. The van der Waals surface area contributed by atoms with Gasteiger partial charge >= 0.3 is 6.18 Å². The summed E-state index contributed by atoms with van der Waals surface area (Å²) in [5, 5.41) is 6.25. The average Bonchev–Trinajstić information content (AvgIpc) is 2.85. The summed E-state index contributed by atoms with van der Waals surface area (Å²) in [4.78, 5) is 12.3. The first kappa shape index (κ1) is 28.9. The van der Waals surface area contributed by atoms with Crippen molar-refractivity contribution in [2.24, 2.45) is 0 Å². The number of hydrogen-bond donors (Lipinski definition) is 2. The lowest BCUT2D eigenvalue weighted by atomic mass is 10.1. The van der Waals surface area contributed by atoms with E-state index in [-0.39, 0.29) is 5.91 Å². The smallest absolute Gasteiger partial charge is 0.352 e. The number of hydrogen-bond acceptors (Lipinski definition) is 2. The predicted molar refractivity (Wildman–Crippen MR) is 137 cm³/mol. The van der Waals surface area contributed by atoms with Gasteiger partial charge in [-0.2, -0.15) is 13.2 Å². The standard InChI is InChI=1S/C29H41F3N2O/c1-2-3-4-5-6-7-8-9-10-11-20-34-28(35)26-17-15-25(16-18-26)23-33-21-19-24-13-12-14-27(22-24)29(30,31)32/h12-18,22,33H,2-11,19-21,23H2,1H3,(H,34,35). The normalized spacial score (nSPS) is 11.5. The molecule has 1 amide bonds. The Morgan fingerprint density at radius 3 is 2.03 bits per heavy atom. The third kappa shape index (κ3) is 12.3. The van der Waals surface area contributed by atoms with E-state index in [2.05, 4.69) is 17.6 Å². The SMILES string of the molecule is CCCCCCCCCCCCNC(=O)c1ccc(CNCCc2cccc(C(F)(F)F)c2)cc1. The molecule has 2 aromatic carbocycles. The minimum absolute atomic E-state index is 0.0509. The minimum Gasteiger partial charge on any atom is -0.352 e. The van der Waals surface area contributed by atoms with Crippen LogP contribution in [0.15, 0.2) is 48.5 Å². The summed E-state index contributed by atoms with van der Waals surface area (Å²) in [6.07, 6.45) is 8.93. The highest BCUT2D eigenvalue weighted by Crippen LogP contribution is 2.29. The Hall–Kier alpha value is -2.34. The Bertz CT molecular complexity index is 850. The molecule has 0 atom stereocenters. The van der Waals surface area contributed by atoms with Crippen molar-refractivity contribution in [3.63, 3.8) is 0 Å². The molecule has 3 nitrogen and oxygen atoms in total. The van der Waals surface area contributed by atoms with Gasteiger partial charge in [-0.05, 0) is 48.7 Å². The molecule has 0 aliphatic heterocycles. The van der Waals surface area contributed by atoms with Crippen molar-refractivity contribution < 1.29 is 18.0 Å². The van der Waals surface area contributed by atoms with Gasteiger partial charge in [-0.1, -0.05) is 95.0 Å². The van der Waals surface area contributed by atoms with Crippen LogP contribution in [0.5, 0.6) is 0 Å². The maximum Gasteiger partial charge on any atom is 0.416 e. The van der Waals surface area contributed by atoms with Crippen LogP contribution in [0.1, 0.15) is 98.2 Å². The molecule has 0 saturated carbocycles. The fourth-order valence-electron chi connectivity index (χ4n) is 4.06. The first-order chi connectivity index (χ1) is 16.9. The number of rotatable bonds is 17. The van der Waals surface area contributed by atoms with Crippen molar-refractivity contribution in [2.75, 3.05) is 13.1 Å². The molecule has 0 radical (unpaired) electrons. The number of carbonyl (C=O) groups excluding carboxylic acids is 1. The first-order valence-corrected chi connectivity index (χ1v) is 13.1. The zero-order valence-corrected chi connectivity index (χ0v) is 21.1. The van der Waals surface area contributed by atoms with Crippen LogP contribution < -0.4 is 10.6 Å². The Morgan fingerprint density at radius 1 is 0.771 bits per heavy atom. The Kier molecular flexibility index (Phi) is 13.5. The second kappa shape index (κ2) is 16.4. The van der Waals surface area contributed by atoms with E-state index in [9.17, 15) is 18.0 Å². The number of unbranched alkanes of at least 4 members (excludes halogenated alkanes) is 9. The highest BCUT2D eigenvalue weighted by molar-refractivity contribution is 5.94. The van der Waals surface area contributed by atoms with E-state index in [0.717, 1.165) is 24.5 Å². The Labute approximate surface area is 208 Å². The van der Waals surface area contributed by atoms with Gasteiger partial charge in [-0.3, -0.25) is 4.79 Å². The maximum atomic E-state index is 12.8. The van der Waals surface area contributed by atoms with Crippen molar-refractivity contribution >= 4 is 5.91 Å². The van der Waals surface area contributed by atoms with Crippen molar-refractivity contribution in [1.29, 1.82) is 0 Å². The summed E-state index contributed by atoms with van der Waals surface area (Å²) < 4.78 is 38.4. The van der Waals surface area contributed by atoms with Crippen LogP contribution in [0, 0.1) is 0 Å². The van der Waals surface area contributed by atoms with Gasteiger partial charge in [0.15, 0.2) is 0 Å². The van der Waals surface area contributed by atoms with Gasteiger partial charge in [-0.15, -0.1) is 0 Å². The van der Waals surface area contributed by atoms with E-state index in [1.165, 1.54) is 63.5 Å². The van der Waals surface area contributed by atoms with Crippen LogP contribution in [0.2, 0.25) is 0 Å². The third-order valence-corrected chi connectivity index (χ3v) is 6.21. The predicted octanol–water partition coefficient (Wildman–Crippen LogP) is 7.69. The molecule has 0 fully saturated rings. The summed E-state index contributed by atoms with van der Waals surface area (Å²) in [5.74, 6) is -0.0509. The molecule has 0 spiro atoms. The molecule has 2 N–H and O–H groups in total. The zero-order chi connectivity index (χ0) is 25.4. The lowest BCUT2D eigenvalue weighted by Crippen LogP contribution is -2.24. The summed E-state index contributed by atoms with van der Waals surface area (Å²) in [5.41, 5.74) is 1.71. The number of amides is 1. The van der Waals surface area contributed by atoms with Gasteiger partial charge in [-0.25, -0.2) is 0 Å². The topological polar surface area (TPSA) is 41.1 Å². The van der Waals surface area contributed by atoms with Crippen LogP contribution in [0.4, 0.5) is 13.2 Å². The van der Waals surface area contributed by atoms with Gasteiger partial charge in [0.1, 0.15) is 0 Å². The molecule has 6 heteroatoms. The van der Waals surface area contributed by atoms with Gasteiger partial charge in [0.05, 0.1) is 5.56 Å². The van der Waals surface area contributed by atoms with E-state index in [1.54, 1.807) is 6.07 Å².